The molecule has 90 valence electrons. The molecule has 0 saturated carbocycles. The summed E-state index contributed by atoms with van der Waals surface area (Å²) in [5.74, 6) is -0.369. The van der Waals surface area contributed by atoms with Crippen molar-refractivity contribution in [3.63, 3.8) is 0 Å². The summed E-state index contributed by atoms with van der Waals surface area (Å²) in [4.78, 5) is 4.08. The van der Waals surface area contributed by atoms with Gasteiger partial charge in [0.2, 0.25) is 0 Å². The highest BCUT2D eigenvalue weighted by Crippen LogP contribution is 2.24. The normalized spacial score (nSPS) is 12.7. The summed E-state index contributed by atoms with van der Waals surface area (Å²) in [6.45, 7) is 4.43. The van der Waals surface area contributed by atoms with Crippen molar-refractivity contribution in [2.24, 2.45) is 0 Å². The molecule has 1 aromatic carbocycles. The largest absolute Gasteiger partial charge is 0.382 e. The minimum atomic E-state index is -1.01. The van der Waals surface area contributed by atoms with Crippen LogP contribution in [0, 0.1) is 12.7 Å². The van der Waals surface area contributed by atoms with Crippen LogP contribution in [0.2, 0.25) is 0 Å². The van der Waals surface area contributed by atoms with Crippen LogP contribution in [0.3, 0.4) is 0 Å². The molecule has 0 amide bonds. The predicted octanol–water partition coefficient (Wildman–Crippen LogP) is 2.43. The Morgan fingerprint density at radius 1 is 1.47 bits per heavy atom. The third-order valence-electron chi connectivity index (χ3n) is 2.81. The molecule has 3 nitrogen and oxygen atoms in total. The summed E-state index contributed by atoms with van der Waals surface area (Å²) in [6.07, 6.45) is 2.35. The number of imidazole rings is 1. The van der Waals surface area contributed by atoms with E-state index in [9.17, 15) is 9.50 Å². The standard InChI is InChI=1S/C13H15FN2O/c1-3-16-7-11(15-8-16)13(17)10-6-4-5-9(2)12(10)14/h4-8,13,17H,3H2,1-2H3. The number of aliphatic hydroxyl groups is 1. The van der Waals surface area contributed by atoms with E-state index < -0.39 is 6.10 Å². The van der Waals surface area contributed by atoms with E-state index in [2.05, 4.69) is 4.98 Å². The first kappa shape index (κ1) is 11.8. The average Bonchev–Trinajstić information content (AvgIpc) is 2.80. The number of hydrogen-bond acceptors (Lipinski definition) is 2. The van der Waals surface area contributed by atoms with E-state index in [1.165, 1.54) is 0 Å². The SMILES string of the molecule is CCn1cnc(C(O)c2cccc(C)c2F)c1. The minimum Gasteiger partial charge on any atom is -0.382 e. The van der Waals surface area contributed by atoms with E-state index in [0.717, 1.165) is 6.54 Å². The van der Waals surface area contributed by atoms with Crippen molar-refractivity contribution in [1.29, 1.82) is 0 Å². The van der Waals surface area contributed by atoms with E-state index >= 15 is 0 Å². The van der Waals surface area contributed by atoms with Crippen LogP contribution >= 0.6 is 0 Å². The Labute approximate surface area is 99.5 Å². The summed E-state index contributed by atoms with van der Waals surface area (Å²) in [6, 6.07) is 4.99. The first-order chi connectivity index (χ1) is 8.13. The van der Waals surface area contributed by atoms with Crippen molar-refractivity contribution in [3.05, 3.63) is 53.4 Å². The summed E-state index contributed by atoms with van der Waals surface area (Å²) >= 11 is 0. The van der Waals surface area contributed by atoms with E-state index in [1.54, 1.807) is 37.6 Å². The number of aryl methyl sites for hydroxylation is 2. The molecule has 0 aliphatic carbocycles. The smallest absolute Gasteiger partial charge is 0.132 e. The van der Waals surface area contributed by atoms with Gasteiger partial charge in [-0.3, -0.25) is 0 Å². The van der Waals surface area contributed by atoms with Crippen molar-refractivity contribution in [2.45, 2.75) is 26.5 Å². The van der Waals surface area contributed by atoms with Gasteiger partial charge in [-0.1, -0.05) is 18.2 Å². The summed E-state index contributed by atoms with van der Waals surface area (Å²) in [5, 5.41) is 10.1. The lowest BCUT2D eigenvalue weighted by Gasteiger charge is -2.10. The summed E-state index contributed by atoms with van der Waals surface area (Å²) in [5.41, 5.74) is 1.26. The van der Waals surface area contributed by atoms with Gasteiger partial charge in [0.25, 0.3) is 0 Å². The van der Waals surface area contributed by atoms with Gasteiger partial charge in [0, 0.05) is 18.3 Å². The van der Waals surface area contributed by atoms with Gasteiger partial charge in [0.15, 0.2) is 0 Å². The van der Waals surface area contributed by atoms with Crippen molar-refractivity contribution < 1.29 is 9.50 Å². The molecule has 1 N–H and O–H groups in total. The molecule has 0 fully saturated rings. The number of nitrogens with zero attached hydrogens (tertiary/aromatic N) is 2. The molecule has 1 unspecified atom stereocenters. The van der Waals surface area contributed by atoms with Gasteiger partial charge in [-0.15, -0.1) is 0 Å². The molecule has 1 heterocycles. The van der Waals surface area contributed by atoms with Crippen LogP contribution in [0.25, 0.3) is 0 Å². The number of halogens is 1. The number of aromatic nitrogens is 2. The number of hydrogen-bond donors (Lipinski definition) is 1. The van der Waals surface area contributed by atoms with Gasteiger partial charge in [0.1, 0.15) is 11.9 Å². The van der Waals surface area contributed by atoms with Crippen LogP contribution in [0.1, 0.15) is 29.8 Å². The lowest BCUT2D eigenvalue weighted by molar-refractivity contribution is 0.210. The zero-order valence-corrected chi connectivity index (χ0v) is 9.89. The zero-order chi connectivity index (χ0) is 12.4. The van der Waals surface area contributed by atoms with Gasteiger partial charge >= 0.3 is 0 Å². The van der Waals surface area contributed by atoms with Gasteiger partial charge in [-0.05, 0) is 19.4 Å². The average molecular weight is 234 g/mol. The van der Waals surface area contributed by atoms with Gasteiger partial charge in [-0.25, -0.2) is 9.37 Å². The Kier molecular flexibility index (Phi) is 3.24. The lowest BCUT2D eigenvalue weighted by Crippen LogP contribution is -2.04. The first-order valence-electron chi connectivity index (χ1n) is 5.58. The zero-order valence-electron chi connectivity index (χ0n) is 9.89. The Hall–Kier alpha value is -1.68. The first-order valence-corrected chi connectivity index (χ1v) is 5.58. The summed E-state index contributed by atoms with van der Waals surface area (Å²) in [7, 11) is 0. The molecular formula is C13H15FN2O. The van der Waals surface area contributed by atoms with E-state index in [4.69, 9.17) is 0 Å². The highest BCUT2D eigenvalue weighted by molar-refractivity contribution is 5.30. The molecule has 1 atom stereocenters. The summed E-state index contributed by atoms with van der Waals surface area (Å²) < 4.78 is 15.7. The Balaban J connectivity index is 2.36. The van der Waals surface area contributed by atoms with Crippen LogP contribution < -0.4 is 0 Å². The van der Waals surface area contributed by atoms with Crippen molar-refractivity contribution >= 4 is 0 Å². The fraction of sp³-hybridized carbons (Fsp3) is 0.308. The molecule has 0 radical (unpaired) electrons. The molecule has 0 spiro atoms. The van der Waals surface area contributed by atoms with Gasteiger partial charge in [-0.2, -0.15) is 0 Å². The molecule has 0 aliphatic heterocycles. The van der Waals surface area contributed by atoms with Gasteiger partial charge < -0.3 is 9.67 Å². The molecule has 1 aromatic heterocycles. The Bertz CT molecular complexity index is 522. The highest BCUT2D eigenvalue weighted by atomic mass is 19.1. The second kappa shape index (κ2) is 4.67. The van der Waals surface area contributed by atoms with E-state index in [0.29, 0.717) is 11.3 Å². The molecule has 4 heteroatoms. The fourth-order valence-electron chi connectivity index (χ4n) is 1.73. The number of benzene rings is 1. The highest BCUT2D eigenvalue weighted by Gasteiger charge is 2.18. The third kappa shape index (κ3) is 2.22. The maximum Gasteiger partial charge on any atom is 0.132 e. The van der Waals surface area contributed by atoms with Crippen LogP contribution in [0.15, 0.2) is 30.7 Å². The van der Waals surface area contributed by atoms with Gasteiger partial charge in [0.05, 0.1) is 12.0 Å². The van der Waals surface area contributed by atoms with Crippen molar-refractivity contribution in [2.75, 3.05) is 0 Å². The molecule has 0 bridgehead atoms. The second-order valence-electron chi connectivity index (χ2n) is 4.01. The van der Waals surface area contributed by atoms with Crippen molar-refractivity contribution in [1.82, 2.24) is 9.55 Å². The number of rotatable bonds is 3. The Morgan fingerprint density at radius 2 is 2.24 bits per heavy atom. The monoisotopic (exact) mass is 234 g/mol. The van der Waals surface area contributed by atoms with E-state index in [-0.39, 0.29) is 11.4 Å². The molecule has 0 aliphatic rings. The topological polar surface area (TPSA) is 38.0 Å². The predicted molar refractivity (Wildman–Crippen MR) is 63.1 cm³/mol. The molecular weight excluding hydrogens is 219 g/mol. The second-order valence-corrected chi connectivity index (χ2v) is 4.01. The third-order valence-corrected chi connectivity index (χ3v) is 2.81. The fourth-order valence-corrected chi connectivity index (χ4v) is 1.73. The van der Waals surface area contributed by atoms with Crippen LogP contribution in [-0.4, -0.2) is 14.7 Å². The molecule has 2 aromatic rings. The maximum absolute atomic E-state index is 13.8. The lowest BCUT2D eigenvalue weighted by atomic mass is 10.0. The molecule has 0 saturated heterocycles. The maximum atomic E-state index is 13.8. The van der Waals surface area contributed by atoms with Crippen LogP contribution in [0.5, 0.6) is 0 Å². The quantitative estimate of drug-likeness (QED) is 0.885. The van der Waals surface area contributed by atoms with Crippen LogP contribution in [-0.2, 0) is 6.54 Å². The molecule has 17 heavy (non-hydrogen) atoms. The van der Waals surface area contributed by atoms with E-state index in [1.807, 2.05) is 11.5 Å². The minimum absolute atomic E-state index is 0.270. The number of aliphatic hydroxyl groups excluding tert-OH is 1. The van der Waals surface area contributed by atoms with Crippen LogP contribution in [0.4, 0.5) is 4.39 Å². The van der Waals surface area contributed by atoms with Crippen molar-refractivity contribution in [3.8, 4) is 0 Å². The Morgan fingerprint density at radius 3 is 2.88 bits per heavy atom. The molecule has 2 rings (SSSR count).